The zero-order valence-corrected chi connectivity index (χ0v) is 60.5. The molecule has 0 fully saturated rings. The van der Waals surface area contributed by atoms with Gasteiger partial charge in [0.25, 0.3) is 13.4 Å². The van der Waals surface area contributed by atoms with Gasteiger partial charge in [0.2, 0.25) is 0 Å². The van der Waals surface area contributed by atoms with Crippen LogP contribution < -0.4 is 62.2 Å². The molecule has 15 aromatic carbocycles. The van der Waals surface area contributed by atoms with Crippen molar-refractivity contribution >= 4 is 149 Å². The van der Waals surface area contributed by atoms with Gasteiger partial charge in [-0.05, 0) is 193 Å². The van der Waals surface area contributed by atoms with Crippen LogP contribution in [-0.4, -0.2) is 13.4 Å². The summed E-state index contributed by atoms with van der Waals surface area (Å²) >= 11 is 0. The zero-order chi connectivity index (χ0) is 71.4. The molecule has 0 spiro atoms. The molecule has 106 heavy (non-hydrogen) atoms. The minimum absolute atomic E-state index is 0.00379. The number of nitrogens with zero attached hydrogens (tertiary/aromatic N) is 6. The lowest BCUT2D eigenvalue weighted by Crippen LogP contribution is -2.65. The molecule has 0 aromatic heterocycles. The number of hydrogen-bond acceptors (Lipinski definition) is 6. The van der Waals surface area contributed by atoms with Crippen molar-refractivity contribution in [3.05, 3.63) is 375 Å². The van der Waals surface area contributed by atoms with E-state index < -0.39 is 0 Å². The molecule has 4 aliphatic heterocycles. The lowest BCUT2D eigenvalue weighted by Gasteiger charge is -2.48. The Labute approximate surface area is 623 Å². The minimum Gasteiger partial charge on any atom is -0.311 e. The first kappa shape index (κ1) is 64.1. The van der Waals surface area contributed by atoms with Crippen molar-refractivity contribution in [3.8, 4) is 22.3 Å². The Bertz CT molecular complexity index is 5470. The molecule has 0 bridgehead atoms. The molecule has 6 nitrogen and oxygen atoms in total. The van der Waals surface area contributed by atoms with E-state index in [1.807, 2.05) is 0 Å². The summed E-state index contributed by atoms with van der Waals surface area (Å²) in [5, 5.41) is 0. The lowest BCUT2D eigenvalue weighted by atomic mass is 9.30. The summed E-state index contributed by atoms with van der Waals surface area (Å²) in [6, 6.07) is 136. The molecule has 0 saturated carbocycles. The Morgan fingerprint density at radius 3 is 0.840 bits per heavy atom. The van der Waals surface area contributed by atoms with E-state index in [2.05, 4.69) is 435 Å². The van der Waals surface area contributed by atoms with Gasteiger partial charge < -0.3 is 29.4 Å². The van der Waals surface area contributed by atoms with Gasteiger partial charge in [0.15, 0.2) is 0 Å². The fourth-order valence-electron chi connectivity index (χ4n) is 17.2. The van der Waals surface area contributed by atoms with E-state index in [1.165, 1.54) is 43.9 Å². The smallest absolute Gasteiger partial charge is 0.252 e. The van der Waals surface area contributed by atoms with E-state index in [4.69, 9.17) is 0 Å². The van der Waals surface area contributed by atoms with Gasteiger partial charge in [0.1, 0.15) is 0 Å². The highest BCUT2D eigenvalue weighted by molar-refractivity contribution is 7.03. The first-order chi connectivity index (χ1) is 51.9. The van der Waals surface area contributed by atoms with Crippen LogP contribution >= 0.6 is 0 Å². The molecule has 0 atom stereocenters. The summed E-state index contributed by atoms with van der Waals surface area (Å²) in [7, 11) is 0. The van der Waals surface area contributed by atoms with Crippen molar-refractivity contribution < 1.29 is 0 Å². The molecule has 0 N–H and O–H groups in total. The average Bonchev–Trinajstić information content (AvgIpc) is 0.683. The second kappa shape index (κ2) is 25.6. The third-order valence-corrected chi connectivity index (χ3v) is 22.1. The molecule has 506 valence electrons. The predicted octanol–water partition coefficient (Wildman–Crippen LogP) is 22.7. The quantitative estimate of drug-likeness (QED) is 0.113. The van der Waals surface area contributed by atoms with Crippen LogP contribution in [0.4, 0.5) is 102 Å². The van der Waals surface area contributed by atoms with Crippen LogP contribution in [0, 0.1) is 0 Å². The molecule has 0 aliphatic carbocycles. The topological polar surface area (TPSA) is 19.4 Å². The summed E-state index contributed by atoms with van der Waals surface area (Å²) in [5.74, 6) is 0. The fourth-order valence-corrected chi connectivity index (χ4v) is 17.2. The number of benzene rings is 15. The van der Waals surface area contributed by atoms with E-state index in [9.17, 15) is 0 Å². The van der Waals surface area contributed by atoms with Crippen LogP contribution in [0.3, 0.4) is 0 Å². The van der Waals surface area contributed by atoms with Gasteiger partial charge in [-0.2, -0.15) is 0 Å². The molecule has 0 amide bonds. The fraction of sp³-hybridized carbons (Fsp3) is 0.0816. The van der Waals surface area contributed by atoms with E-state index in [-0.39, 0.29) is 24.3 Å². The minimum atomic E-state index is -0.202. The van der Waals surface area contributed by atoms with Crippen LogP contribution in [0.5, 0.6) is 0 Å². The predicted molar refractivity (Wildman–Crippen MR) is 452 cm³/mol. The van der Waals surface area contributed by atoms with Crippen LogP contribution in [0.1, 0.15) is 52.7 Å². The monoisotopic (exact) mass is 1360 g/mol. The van der Waals surface area contributed by atoms with E-state index in [0.29, 0.717) is 0 Å². The summed E-state index contributed by atoms with van der Waals surface area (Å²) in [6.07, 6.45) is 0. The SMILES string of the molecule is CC(C)(C)c1ccc(-c2ccccc2N(c2ccccc2)c2cc3c4c(c2)N(c2ccccc2)c2cc5c(cc2B4c2ccccc2N3c2ccccc2)B2c3ccccc3N(c3ccccc3)c3cc(N(c4ccccc4)c4ccccc4-c4ccc(C(C)(C)C)cc4)cc(c32)N5c2ccccc2)cc1. The van der Waals surface area contributed by atoms with Gasteiger partial charge in [-0.25, -0.2) is 0 Å². The number of para-hydroxylation sites is 10. The summed E-state index contributed by atoms with van der Waals surface area (Å²) in [4.78, 5) is 15.3. The van der Waals surface area contributed by atoms with Crippen LogP contribution in [0.2, 0.25) is 0 Å². The summed E-state index contributed by atoms with van der Waals surface area (Å²) < 4.78 is 0. The van der Waals surface area contributed by atoms with Gasteiger partial charge >= 0.3 is 0 Å². The Morgan fingerprint density at radius 2 is 0.509 bits per heavy atom. The molecular formula is C98H78B2N6. The maximum atomic E-state index is 2.64. The maximum Gasteiger partial charge on any atom is 0.252 e. The van der Waals surface area contributed by atoms with E-state index in [0.717, 1.165) is 125 Å². The van der Waals surface area contributed by atoms with Gasteiger partial charge in [0.05, 0.1) is 22.7 Å². The second-order valence-electron chi connectivity index (χ2n) is 30.5. The highest BCUT2D eigenvalue weighted by Crippen LogP contribution is 2.54. The Hall–Kier alpha value is -12.8. The average molecular weight is 1360 g/mol. The molecule has 19 rings (SSSR count). The van der Waals surface area contributed by atoms with Crippen molar-refractivity contribution in [3.63, 3.8) is 0 Å². The Kier molecular flexibility index (Phi) is 15.5. The van der Waals surface area contributed by atoms with Crippen LogP contribution in [0.25, 0.3) is 22.3 Å². The molecule has 0 radical (unpaired) electrons. The van der Waals surface area contributed by atoms with Gasteiger partial charge in [-0.1, -0.05) is 278 Å². The molecular weight excluding hydrogens is 1280 g/mol. The Balaban J connectivity index is 0.904. The lowest BCUT2D eigenvalue weighted by molar-refractivity contribution is 0.590. The highest BCUT2D eigenvalue weighted by atomic mass is 15.2. The van der Waals surface area contributed by atoms with Crippen molar-refractivity contribution in [1.29, 1.82) is 0 Å². The van der Waals surface area contributed by atoms with E-state index >= 15 is 0 Å². The van der Waals surface area contributed by atoms with Gasteiger partial charge in [-0.15, -0.1) is 0 Å². The third kappa shape index (κ3) is 10.7. The molecule has 4 aliphatic rings. The van der Waals surface area contributed by atoms with Crippen molar-refractivity contribution in [2.45, 2.75) is 52.4 Å². The van der Waals surface area contributed by atoms with Crippen molar-refractivity contribution in [2.75, 3.05) is 29.4 Å². The summed E-state index contributed by atoms with van der Waals surface area (Å²) in [5.41, 5.74) is 34.3. The zero-order valence-electron chi connectivity index (χ0n) is 60.5. The van der Waals surface area contributed by atoms with Gasteiger partial charge in [-0.3, -0.25) is 0 Å². The van der Waals surface area contributed by atoms with Crippen molar-refractivity contribution in [1.82, 2.24) is 0 Å². The first-order valence-electron chi connectivity index (χ1n) is 37.1. The molecule has 4 heterocycles. The number of hydrogen-bond donors (Lipinski definition) is 0. The van der Waals surface area contributed by atoms with Gasteiger partial charge in [0, 0.05) is 90.8 Å². The number of anilines is 18. The Morgan fingerprint density at radius 1 is 0.226 bits per heavy atom. The number of rotatable bonds is 12. The standard InChI is InChI=1S/C98H78B2N6/c1-97(2,3)69-57-53-67(54-58-69)79-45-25-29-49-85(79)101(71-33-13-7-14-34-71)77-61-91-95-93(63-77)105(75-41-21-11-22-42-75)89-66-90-84(65-83(89)99(95)81-47-27-31-51-87(81)103(91)73-37-17-9-18-38-73)100-82-48-28-32-52-88(82)104(74-39-19-10-20-40-74)92-62-78(64-94(96(92)100)106(90)76-43-23-12-24-44-76)102(72-35-15-8-16-36-72)86-50-30-26-46-80(86)68-55-59-70(60-56-68)98(4,5)6/h7-66H,1-6H3. The summed E-state index contributed by atoms with van der Waals surface area (Å²) in [6.45, 7) is 13.3. The molecule has 0 unspecified atom stereocenters. The van der Waals surface area contributed by atoms with Crippen molar-refractivity contribution in [2.24, 2.45) is 0 Å². The first-order valence-corrected chi connectivity index (χ1v) is 37.1. The number of fused-ring (bicyclic) bond motifs is 8. The second-order valence-corrected chi connectivity index (χ2v) is 30.5. The largest absolute Gasteiger partial charge is 0.311 e. The molecule has 8 heteroatoms. The van der Waals surface area contributed by atoms with E-state index in [1.54, 1.807) is 0 Å². The normalized spacial score (nSPS) is 13.1. The highest BCUT2D eigenvalue weighted by Gasteiger charge is 2.49. The molecule has 0 saturated heterocycles. The van der Waals surface area contributed by atoms with Crippen LogP contribution in [-0.2, 0) is 10.8 Å². The third-order valence-electron chi connectivity index (χ3n) is 22.1. The van der Waals surface area contributed by atoms with Crippen LogP contribution in [0.15, 0.2) is 364 Å². The molecule has 15 aromatic rings. The maximum absolute atomic E-state index is 2.64.